The van der Waals surface area contributed by atoms with Crippen LogP contribution in [0.2, 0.25) is 0 Å². The maximum Gasteiger partial charge on any atom is 0.411 e. The van der Waals surface area contributed by atoms with E-state index in [4.69, 9.17) is 4.74 Å². The van der Waals surface area contributed by atoms with Gasteiger partial charge < -0.3 is 9.84 Å². The summed E-state index contributed by atoms with van der Waals surface area (Å²) in [6, 6.07) is 3.34. The van der Waals surface area contributed by atoms with Crippen LogP contribution in [-0.4, -0.2) is 17.8 Å². The number of phenols is 1. The number of rotatable bonds is 3. The van der Waals surface area contributed by atoms with Crippen LogP contribution < -0.4 is 5.32 Å². The van der Waals surface area contributed by atoms with Crippen molar-refractivity contribution in [2.75, 3.05) is 11.9 Å². The van der Waals surface area contributed by atoms with Gasteiger partial charge >= 0.3 is 6.09 Å². The predicted octanol–water partition coefficient (Wildman–Crippen LogP) is 3.21. The Hall–Kier alpha value is -1.71. The van der Waals surface area contributed by atoms with E-state index in [0.717, 1.165) is 11.1 Å². The van der Waals surface area contributed by atoms with Crippen molar-refractivity contribution in [1.82, 2.24) is 0 Å². The highest BCUT2D eigenvalue weighted by atomic mass is 16.5. The lowest BCUT2D eigenvalue weighted by molar-refractivity contribution is 0.147. The lowest BCUT2D eigenvalue weighted by Gasteiger charge is -2.12. The van der Waals surface area contributed by atoms with Crippen LogP contribution in [0.5, 0.6) is 5.75 Å². The number of hydrogen-bond acceptors (Lipinski definition) is 3. The fraction of sp³-hybridized carbons (Fsp3) is 0.462. The van der Waals surface area contributed by atoms with Crippen molar-refractivity contribution in [3.63, 3.8) is 0 Å². The zero-order valence-electron chi connectivity index (χ0n) is 10.7. The Morgan fingerprint density at radius 2 is 2.00 bits per heavy atom. The second kappa shape index (κ2) is 5.57. The van der Waals surface area contributed by atoms with Crippen molar-refractivity contribution >= 4 is 11.8 Å². The van der Waals surface area contributed by atoms with Gasteiger partial charge in [-0.2, -0.15) is 0 Å². The van der Waals surface area contributed by atoms with Gasteiger partial charge in [-0.15, -0.1) is 0 Å². The maximum absolute atomic E-state index is 11.5. The molecule has 4 heteroatoms. The van der Waals surface area contributed by atoms with Crippen molar-refractivity contribution in [2.45, 2.75) is 27.7 Å². The molecular formula is C13H19NO3. The van der Waals surface area contributed by atoms with E-state index in [1.807, 2.05) is 20.8 Å². The number of ether oxygens (including phenoxy) is 1. The molecular weight excluding hydrogens is 218 g/mol. The molecule has 0 spiro atoms. The second-order valence-electron chi connectivity index (χ2n) is 4.57. The predicted molar refractivity (Wildman–Crippen MR) is 67.4 cm³/mol. The molecule has 2 N–H and O–H groups in total. The molecule has 1 amide bonds. The Bertz CT molecular complexity index is 413. The van der Waals surface area contributed by atoms with E-state index < -0.39 is 6.09 Å². The number of aryl methyl sites for hydroxylation is 2. The fourth-order valence-electron chi connectivity index (χ4n) is 1.32. The molecule has 0 saturated carbocycles. The third-order valence-corrected chi connectivity index (χ3v) is 2.33. The summed E-state index contributed by atoms with van der Waals surface area (Å²) in [5, 5.41) is 12.2. The Morgan fingerprint density at radius 1 is 1.35 bits per heavy atom. The average Bonchev–Trinajstić information content (AvgIpc) is 2.23. The van der Waals surface area contributed by atoms with E-state index in [9.17, 15) is 9.90 Å². The van der Waals surface area contributed by atoms with Crippen molar-refractivity contribution in [2.24, 2.45) is 5.92 Å². The topological polar surface area (TPSA) is 58.6 Å². The highest BCUT2D eigenvalue weighted by Crippen LogP contribution is 2.24. The molecule has 4 nitrogen and oxygen atoms in total. The summed E-state index contributed by atoms with van der Waals surface area (Å²) in [5.41, 5.74) is 2.18. The lowest BCUT2D eigenvalue weighted by atomic mass is 10.1. The van der Waals surface area contributed by atoms with Crippen LogP contribution in [0.15, 0.2) is 12.1 Å². The quantitative estimate of drug-likeness (QED) is 0.793. The first-order valence-corrected chi connectivity index (χ1v) is 5.64. The first-order chi connectivity index (χ1) is 7.90. The zero-order chi connectivity index (χ0) is 13.0. The number of carbonyl (C=O) groups excluding carboxylic acids is 1. The summed E-state index contributed by atoms with van der Waals surface area (Å²) < 4.78 is 5.02. The number of aromatic hydroxyl groups is 1. The Balaban J connectivity index is 2.68. The van der Waals surface area contributed by atoms with Crippen LogP contribution >= 0.6 is 0 Å². The minimum Gasteiger partial charge on any atom is -0.508 e. The highest BCUT2D eigenvalue weighted by molar-refractivity contribution is 5.86. The summed E-state index contributed by atoms with van der Waals surface area (Å²) in [6.45, 7) is 7.94. The van der Waals surface area contributed by atoms with Crippen LogP contribution in [0.25, 0.3) is 0 Å². The van der Waals surface area contributed by atoms with Crippen molar-refractivity contribution in [3.05, 3.63) is 23.3 Å². The number of anilines is 1. The lowest BCUT2D eigenvalue weighted by Crippen LogP contribution is -2.17. The number of hydrogen-bond donors (Lipinski definition) is 2. The van der Waals surface area contributed by atoms with E-state index in [1.165, 1.54) is 0 Å². The SMILES string of the molecule is Cc1cc(NC(=O)OCC(C)C)c(C)cc1O. The minimum absolute atomic E-state index is 0.226. The van der Waals surface area contributed by atoms with Gasteiger partial charge in [0.15, 0.2) is 0 Å². The van der Waals surface area contributed by atoms with Crippen molar-refractivity contribution in [3.8, 4) is 5.75 Å². The summed E-state index contributed by atoms with van der Waals surface area (Å²) >= 11 is 0. The van der Waals surface area contributed by atoms with Gasteiger partial charge in [0.05, 0.1) is 6.61 Å². The molecule has 0 atom stereocenters. The fourth-order valence-corrected chi connectivity index (χ4v) is 1.32. The number of nitrogens with one attached hydrogen (secondary N) is 1. The van der Waals surface area contributed by atoms with Gasteiger partial charge in [0.25, 0.3) is 0 Å². The smallest absolute Gasteiger partial charge is 0.411 e. The third kappa shape index (κ3) is 3.98. The van der Waals surface area contributed by atoms with Gasteiger partial charge in [0.2, 0.25) is 0 Å². The minimum atomic E-state index is -0.466. The van der Waals surface area contributed by atoms with E-state index >= 15 is 0 Å². The van der Waals surface area contributed by atoms with Gasteiger partial charge in [-0.1, -0.05) is 13.8 Å². The third-order valence-electron chi connectivity index (χ3n) is 2.33. The Morgan fingerprint density at radius 3 is 2.59 bits per heavy atom. The number of amides is 1. The Labute approximate surface area is 102 Å². The zero-order valence-corrected chi connectivity index (χ0v) is 10.7. The van der Waals surface area contributed by atoms with Gasteiger partial charge in [-0.3, -0.25) is 5.32 Å². The monoisotopic (exact) mass is 237 g/mol. The molecule has 0 aliphatic rings. The van der Waals surface area contributed by atoms with Gasteiger partial charge in [0, 0.05) is 5.69 Å². The second-order valence-corrected chi connectivity index (χ2v) is 4.57. The first-order valence-electron chi connectivity index (χ1n) is 5.64. The molecule has 0 fully saturated rings. The van der Waals surface area contributed by atoms with E-state index in [2.05, 4.69) is 5.32 Å². The van der Waals surface area contributed by atoms with Crippen LogP contribution in [0, 0.1) is 19.8 Å². The molecule has 17 heavy (non-hydrogen) atoms. The van der Waals surface area contributed by atoms with Crippen molar-refractivity contribution < 1.29 is 14.6 Å². The molecule has 0 aliphatic carbocycles. The van der Waals surface area contributed by atoms with Crippen LogP contribution in [0.1, 0.15) is 25.0 Å². The molecule has 0 heterocycles. The molecule has 0 radical (unpaired) electrons. The normalized spacial score (nSPS) is 10.4. The number of phenolic OH excluding ortho intramolecular Hbond substituents is 1. The largest absolute Gasteiger partial charge is 0.508 e. The first kappa shape index (κ1) is 13.4. The Kier molecular flexibility index (Phi) is 4.37. The molecule has 0 aromatic heterocycles. The van der Waals surface area contributed by atoms with Crippen LogP contribution in [0.3, 0.4) is 0 Å². The van der Waals surface area contributed by atoms with E-state index in [-0.39, 0.29) is 5.75 Å². The summed E-state index contributed by atoms with van der Waals surface area (Å²) in [4.78, 5) is 11.5. The summed E-state index contributed by atoms with van der Waals surface area (Å²) in [7, 11) is 0. The molecule has 0 aliphatic heterocycles. The molecule has 0 unspecified atom stereocenters. The van der Waals surface area contributed by atoms with Gasteiger partial charge in [-0.25, -0.2) is 4.79 Å². The number of carbonyl (C=O) groups is 1. The number of benzene rings is 1. The van der Waals surface area contributed by atoms with Gasteiger partial charge in [-0.05, 0) is 43.0 Å². The molecule has 1 rings (SSSR count). The van der Waals surface area contributed by atoms with Gasteiger partial charge in [0.1, 0.15) is 5.75 Å². The molecule has 1 aromatic rings. The van der Waals surface area contributed by atoms with E-state index in [0.29, 0.717) is 18.2 Å². The van der Waals surface area contributed by atoms with Crippen LogP contribution in [-0.2, 0) is 4.74 Å². The van der Waals surface area contributed by atoms with Crippen molar-refractivity contribution in [1.29, 1.82) is 0 Å². The molecule has 1 aromatic carbocycles. The molecule has 0 saturated heterocycles. The maximum atomic E-state index is 11.5. The summed E-state index contributed by atoms with van der Waals surface area (Å²) in [5.74, 6) is 0.534. The standard InChI is InChI=1S/C13H19NO3/c1-8(2)7-17-13(16)14-11-5-10(4)12(15)6-9(11)3/h5-6,8,15H,7H2,1-4H3,(H,14,16). The van der Waals surface area contributed by atoms with E-state index in [1.54, 1.807) is 19.1 Å². The highest BCUT2D eigenvalue weighted by Gasteiger charge is 2.08. The van der Waals surface area contributed by atoms with Crippen LogP contribution in [0.4, 0.5) is 10.5 Å². The molecule has 0 bridgehead atoms. The molecule has 94 valence electrons. The summed E-state index contributed by atoms with van der Waals surface area (Å²) in [6.07, 6.45) is -0.466. The average molecular weight is 237 g/mol.